The molecule has 3 rings (SSSR count). The zero-order chi connectivity index (χ0) is 14.3. The SMILES string of the molecule is Cc1cc(C)c2ncn([C@H]3CCCNC3=O)c(=O)c2c1. The first-order valence-electron chi connectivity index (χ1n) is 6.84. The van der Waals surface area contributed by atoms with Crippen molar-refractivity contribution in [3.63, 3.8) is 0 Å². The van der Waals surface area contributed by atoms with Gasteiger partial charge in [0.2, 0.25) is 5.91 Å². The molecule has 1 aliphatic heterocycles. The van der Waals surface area contributed by atoms with Gasteiger partial charge in [-0.1, -0.05) is 6.07 Å². The first-order chi connectivity index (χ1) is 9.58. The maximum absolute atomic E-state index is 12.6. The number of amides is 1. The fourth-order valence-electron chi connectivity index (χ4n) is 2.85. The van der Waals surface area contributed by atoms with Gasteiger partial charge in [0, 0.05) is 6.54 Å². The van der Waals surface area contributed by atoms with E-state index in [9.17, 15) is 9.59 Å². The molecule has 2 heterocycles. The number of nitrogens with one attached hydrogen (secondary N) is 1. The van der Waals surface area contributed by atoms with Gasteiger partial charge in [-0.15, -0.1) is 0 Å². The summed E-state index contributed by atoms with van der Waals surface area (Å²) in [6, 6.07) is 3.41. The van der Waals surface area contributed by atoms with E-state index < -0.39 is 6.04 Å². The van der Waals surface area contributed by atoms with Crippen LogP contribution in [0.3, 0.4) is 0 Å². The Hall–Kier alpha value is -2.17. The first-order valence-corrected chi connectivity index (χ1v) is 6.84. The number of rotatable bonds is 1. The molecular formula is C15H17N3O2. The highest BCUT2D eigenvalue weighted by Gasteiger charge is 2.25. The third kappa shape index (κ3) is 1.99. The van der Waals surface area contributed by atoms with Crippen LogP contribution in [-0.4, -0.2) is 22.0 Å². The van der Waals surface area contributed by atoms with Crippen molar-refractivity contribution in [3.05, 3.63) is 39.9 Å². The summed E-state index contributed by atoms with van der Waals surface area (Å²) in [6.07, 6.45) is 3.07. The normalized spacial score (nSPS) is 19.1. The van der Waals surface area contributed by atoms with Crippen LogP contribution < -0.4 is 10.9 Å². The molecule has 104 valence electrons. The van der Waals surface area contributed by atoms with Crippen LogP contribution in [0.5, 0.6) is 0 Å². The Labute approximate surface area is 116 Å². The van der Waals surface area contributed by atoms with Crippen molar-refractivity contribution in [2.75, 3.05) is 6.54 Å². The van der Waals surface area contributed by atoms with Gasteiger partial charge in [-0.25, -0.2) is 4.98 Å². The molecule has 0 bridgehead atoms. The lowest BCUT2D eigenvalue weighted by atomic mass is 10.1. The summed E-state index contributed by atoms with van der Waals surface area (Å²) >= 11 is 0. The number of aromatic nitrogens is 2. The molecule has 0 radical (unpaired) electrons. The maximum Gasteiger partial charge on any atom is 0.261 e. The van der Waals surface area contributed by atoms with E-state index in [0.29, 0.717) is 23.9 Å². The van der Waals surface area contributed by atoms with Crippen LogP contribution >= 0.6 is 0 Å². The Bertz CT molecular complexity index is 749. The third-order valence-corrected chi connectivity index (χ3v) is 3.81. The van der Waals surface area contributed by atoms with Gasteiger partial charge in [0.05, 0.1) is 17.2 Å². The summed E-state index contributed by atoms with van der Waals surface area (Å²) in [6.45, 7) is 4.58. The van der Waals surface area contributed by atoms with Crippen LogP contribution in [0.4, 0.5) is 0 Å². The lowest BCUT2D eigenvalue weighted by Gasteiger charge is -2.23. The second-order valence-corrected chi connectivity index (χ2v) is 5.38. The number of carbonyl (C=O) groups is 1. The predicted octanol–water partition coefficient (Wildman–Crippen LogP) is 1.46. The highest BCUT2D eigenvalue weighted by Crippen LogP contribution is 2.19. The van der Waals surface area contributed by atoms with Crippen molar-refractivity contribution in [2.24, 2.45) is 0 Å². The van der Waals surface area contributed by atoms with Crippen LogP contribution in [0.2, 0.25) is 0 Å². The lowest BCUT2D eigenvalue weighted by molar-refractivity contribution is -0.125. The topological polar surface area (TPSA) is 64.0 Å². The second kappa shape index (κ2) is 4.74. The largest absolute Gasteiger partial charge is 0.354 e. The molecule has 1 amide bonds. The average molecular weight is 271 g/mol. The van der Waals surface area contributed by atoms with E-state index in [1.165, 1.54) is 10.9 Å². The second-order valence-electron chi connectivity index (χ2n) is 5.38. The van der Waals surface area contributed by atoms with Crippen LogP contribution in [0.15, 0.2) is 23.3 Å². The zero-order valence-electron chi connectivity index (χ0n) is 11.6. The minimum absolute atomic E-state index is 0.0936. The van der Waals surface area contributed by atoms with Crippen LogP contribution in [0.1, 0.15) is 30.0 Å². The molecule has 1 aromatic heterocycles. The summed E-state index contributed by atoms with van der Waals surface area (Å²) in [5, 5.41) is 3.39. The number of nitrogens with zero attached hydrogens (tertiary/aromatic N) is 2. The minimum atomic E-state index is -0.436. The Morgan fingerprint density at radius 3 is 2.85 bits per heavy atom. The average Bonchev–Trinajstić information content (AvgIpc) is 2.41. The van der Waals surface area contributed by atoms with Gasteiger partial charge in [-0.2, -0.15) is 0 Å². The fourth-order valence-corrected chi connectivity index (χ4v) is 2.85. The van der Waals surface area contributed by atoms with Crippen LogP contribution in [0, 0.1) is 13.8 Å². The molecule has 1 atom stereocenters. The lowest BCUT2D eigenvalue weighted by Crippen LogP contribution is -2.41. The van der Waals surface area contributed by atoms with E-state index in [0.717, 1.165) is 17.5 Å². The van der Waals surface area contributed by atoms with Gasteiger partial charge in [0.15, 0.2) is 0 Å². The van der Waals surface area contributed by atoms with Gasteiger partial charge < -0.3 is 5.32 Å². The number of hydrogen-bond acceptors (Lipinski definition) is 3. The van der Waals surface area contributed by atoms with Crippen molar-refractivity contribution in [2.45, 2.75) is 32.7 Å². The molecule has 1 saturated heterocycles. The molecule has 0 saturated carbocycles. The summed E-state index contributed by atoms with van der Waals surface area (Å²) in [4.78, 5) is 28.9. The monoisotopic (exact) mass is 271 g/mol. The molecule has 0 aliphatic carbocycles. The maximum atomic E-state index is 12.6. The Balaban J connectivity index is 2.21. The molecular weight excluding hydrogens is 254 g/mol. The number of fused-ring (bicyclic) bond motifs is 1. The van der Waals surface area contributed by atoms with E-state index >= 15 is 0 Å². The fraction of sp³-hybridized carbons (Fsp3) is 0.400. The molecule has 0 unspecified atom stereocenters. The van der Waals surface area contributed by atoms with Gasteiger partial charge in [0.25, 0.3) is 5.56 Å². The van der Waals surface area contributed by atoms with Crippen molar-refractivity contribution in [3.8, 4) is 0 Å². The molecule has 20 heavy (non-hydrogen) atoms. The van der Waals surface area contributed by atoms with Gasteiger partial charge >= 0.3 is 0 Å². The molecule has 1 fully saturated rings. The standard InChI is InChI=1S/C15H17N3O2/c1-9-6-10(2)13-11(7-9)15(20)18(8-17-13)12-4-3-5-16-14(12)19/h6-8,12H,3-5H2,1-2H3,(H,16,19)/t12-/m0/s1. The highest BCUT2D eigenvalue weighted by atomic mass is 16.2. The number of hydrogen-bond donors (Lipinski definition) is 1. The van der Waals surface area contributed by atoms with E-state index in [2.05, 4.69) is 10.3 Å². The number of aryl methyl sites for hydroxylation is 2. The molecule has 1 aliphatic rings. The summed E-state index contributed by atoms with van der Waals surface area (Å²) in [5.41, 5.74) is 2.59. The summed E-state index contributed by atoms with van der Waals surface area (Å²) < 4.78 is 1.47. The number of carbonyl (C=O) groups excluding carboxylic acids is 1. The molecule has 5 nitrogen and oxygen atoms in total. The smallest absolute Gasteiger partial charge is 0.261 e. The predicted molar refractivity (Wildman–Crippen MR) is 76.8 cm³/mol. The van der Waals surface area contributed by atoms with Crippen molar-refractivity contribution in [1.82, 2.24) is 14.9 Å². The number of benzene rings is 1. The third-order valence-electron chi connectivity index (χ3n) is 3.81. The number of piperidine rings is 1. The van der Waals surface area contributed by atoms with E-state index in [-0.39, 0.29) is 11.5 Å². The molecule has 5 heteroatoms. The van der Waals surface area contributed by atoms with E-state index in [1.54, 1.807) is 0 Å². The summed E-state index contributed by atoms with van der Waals surface area (Å²) in [5.74, 6) is -0.0936. The summed E-state index contributed by atoms with van der Waals surface area (Å²) in [7, 11) is 0. The Morgan fingerprint density at radius 1 is 1.30 bits per heavy atom. The van der Waals surface area contributed by atoms with Gasteiger partial charge in [0.1, 0.15) is 6.04 Å². The molecule has 2 aromatic rings. The van der Waals surface area contributed by atoms with E-state index in [4.69, 9.17) is 0 Å². The highest BCUT2D eigenvalue weighted by molar-refractivity contribution is 5.83. The van der Waals surface area contributed by atoms with Gasteiger partial charge in [-0.05, 0) is 43.9 Å². The van der Waals surface area contributed by atoms with Crippen molar-refractivity contribution in [1.29, 1.82) is 0 Å². The van der Waals surface area contributed by atoms with Crippen molar-refractivity contribution >= 4 is 16.8 Å². The van der Waals surface area contributed by atoms with E-state index in [1.807, 2.05) is 26.0 Å². The minimum Gasteiger partial charge on any atom is -0.354 e. The quantitative estimate of drug-likeness (QED) is 0.854. The Morgan fingerprint density at radius 2 is 2.10 bits per heavy atom. The van der Waals surface area contributed by atoms with Gasteiger partial charge in [-0.3, -0.25) is 14.2 Å². The first kappa shape index (κ1) is 12.8. The molecule has 1 N–H and O–H groups in total. The Kier molecular flexibility index (Phi) is 3.04. The van der Waals surface area contributed by atoms with Crippen molar-refractivity contribution < 1.29 is 4.79 Å². The zero-order valence-corrected chi connectivity index (χ0v) is 11.6. The molecule has 1 aromatic carbocycles. The van der Waals surface area contributed by atoms with Crippen LogP contribution in [-0.2, 0) is 4.79 Å². The molecule has 0 spiro atoms. The van der Waals surface area contributed by atoms with Crippen LogP contribution in [0.25, 0.3) is 10.9 Å².